The van der Waals surface area contributed by atoms with Crippen LogP contribution in [0.4, 0.5) is 11.8 Å². The van der Waals surface area contributed by atoms with E-state index in [2.05, 4.69) is 25.6 Å². The summed E-state index contributed by atoms with van der Waals surface area (Å²) in [6, 6.07) is 2.01. The number of aryl methyl sites for hydroxylation is 1. The molecular weight excluding hydrogens is 420 g/mol. The average Bonchev–Trinajstić information content (AvgIpc) is 2.75. The van der Waals surface area contributed by atoms with Crippen LogP contribution in [0.15, 0.2) is 23.1 Å². The fourth-order valence-corrected chi connectivity index (χ4v) is 3.54. The maximum Gasteiger partial charge on any atom is 0.326 e. The molecule has 0 spiro atoms. The number of nitrogens with two attached hydrogens (primary N) is 1. The number of aliphatic carboxylic acids is 2. The van der Waals surface area contributed by atoms with Crippen molar-refractivity contribution in [2.24, 2.45) is 5.92 Å². The maximum atomic E-state index is 12.4. The molecule has 3 rings (SSSR count). The van der Waals surface area contributed by atoms with Gasteiger partial charge in [-0.2, -0.15) is 4.98 Å². The first-order chi connectivity index (χ1) is 15.2. The van der Waals surface area contributed by atoms with Crippen molar-refractivity contribution in [2.75, 3.05) is 17.6 Å². The lowest BCUT2D eigenvalue weighted by Crippen LogP contribution is -2.41. The Balaban J connectivity index is 1.60. The number of carbonyl (C=O) groups is 3. The number of anilines is 2. The van der Waals surface area contributed by atoms with Crippen LogP contribution in [0.1, 0.15) is 40.9 Å². The maximum absolute atomic E-state index is 12.4. The molecule has 0 saturated carbocycles. The fraction of sp³-hybridized carbons (Fsp3) is 0.400. The van der Waals surface area contributed by atoms with Crippen LogP contribution in [0.2, 0.25) is 0 Å². The van der Waals surface area contributed by atoms with Gasteiger partial charge in [0.2, 0.25) is 5.95 Å². The van der Waals surface area contributed by atoms with E-state index in [-0.39, 0.29) is 36.0 Å². The molecule has 0 radical (unpaired) electrons. The summed E-state index contributed by atoms with van der Waals surface area (Å²) in [5, 5.41) is 23.4. The molecule has 2 aromatic rings. The van der Waals surface area contributed by atoms with Gasteiger partial charge in [-0.25, -0.2) is 4.79 Å². The van der Waals surface area contributed by atoms with Crippen LogP contribution in [0.25, 0.3) is 0 Å². The summed E-state index contributed by atoms with van der Waals surface area (Å²) in [4.78, 5) is 57.1. The monoisotopic (exact) mass is 444 g/mol. The van der Waals surface area contributed by atoms with Crippen molar-refractivity contribution in [2.45, 2.75) is 38.1 Å². The normalized spacial score (nSPS) is 15.8. The number of nitrogens with zero attached hydrogens (tertiary/aromatic N) is 2. The van der Waals surface area contributed by atoms with Gasteiger partial charge in [0.1, 0.15) is 17.6 Å². The number of pyridine rings is 1. The molecule has 1 amide bonds. The van der Waals surface area contributed by atoms with Gasteiger partial charge in [-0.05, 0) is 49.3 Å². The van der Waals surface area contributed by atoms with E-state index in [0.717, 1.165) is 12.0 Å². The van der Waals surface area contributed by atoms with Crippen molar-refractivity contribution in [3.05, 3.63) is 45.5 Å². The van der Waals surface area contributed by atoms with E-state index in [9.17, 15) is 24.3 Å². The Morgan fingerprint density at radius 1 is 1.31 bits per heavy atom. The Morgan fingerprint density at radius 3 is 2.81 bits per heavy atom. The fourth-order valence-electron chi connectivity index (χ4n) is 3.54. The molecule has 1 unspecified atom stereocenters. The van der Waals surface area contributed by atoms with Crippen LogP contribution >= 0.6 is 0 Å². The predicted molar refractivity (Wildman–Crippen MR) is 113 cm³/mol. The Kier molecular flexibility index (Phi) is 7.03. The van der Waals surface area contributed by atoms with Crippen molar-refractivity contribution in [1.82, 2.24) is 20.3 Å². The molecular formula is C20H24N6O6. The minimum atomic E-state index is -1.32. The van der Waals surface area contributed by atoms with Crippen molar-refractivity contribution < 1.29 is 24.6 Å². The second kappa shape index (κ2) is 9.90. The number of aromatic amines is 1. The lowest BCUT2D eigenvalue weighted by atomic mass is 9.91. The van der Waals surface area contributed by atoms with Gasteiger partial charge in [0.25, 0.3) is 11.5 Å². The summed E-state index contributed by atoms with van der Waals surface area (Å²) in [6.07, 6.45) is 2.75. The van der Waals surface area contributed by atoms with Crippen molar-refractivity contribution >= 4 is 29.6 Å². The molecule has 0 bridgehead atoms. The van der Waals surface area contributed by atoms with Crippen LogP contribution < -0.4 is 21.9 Å². The number of carbonyl (C=O) groups excluding carboxylic acids is 1. The smallest absolute Gasteiger partial charge is 0.326 e. The summed E-state index contributed by atoms with van der Waals surface area (Å²) in [5.41, 5.74) is 6.74. The summed E-state index contributed by atoms with van der Waals surface area (Å²) in [7, 11) is 0. The van der Waals surface area contributed by atoms with E-state index >= 15 is 0 Å². The Hall–Kier alpha value is -3.96. The number of hydrogen-bond acceptors (Lipinski definition) is 8. The minimum Gasteiger partial charge on any atom is -0.481 e. The van der Waals surface area contributed by atoms with E-state index in [1.807, 2.05) is 0 Å². The summed E-state index contributed by atoms with van der Waals surface area (Å²) < 4.78 is 0. The van der Waals surface area contributed by atoms with Gasteiger partial charge in [0.05, 0.1) is 5.56 Å². The second-order valence-corrected chi connectivity index (χ2v) is 7.61. The molecule has 12 heteroatoms. The number of aromatic nitrogens is 3. The molecule has 170 valence electrons. The highest BCUT2D eigenvalue weighted by molar-refractivity contribution is 5.95. The number of rotatable bonds is 9. The van der Waals surface area contributed by atoms with Crippen LogP contribution in [-0.2, 0) is 22.4 Å². The molecule has 1 aliphatic heterocycles. The topological polar surface area (TPSA) is 200 Å². The zero-order valence-corrected chi connectivity index (χ0v) is 17.1. The standard InChI is InChI=1S/C20H24N6O6/c21-20-25-16-12(17(29)26-20)7-11(9-23-16)2-1-10-5-6-22-14(8-10)18(30)24-13(19(31)32)3-4-15(27)28/h5-6,8,11,13H,1-4,7,9H2,(H,24,30)(H,27,28)(H,31,32)(H4,21,23,25,26,29)/t11?,13-/m0/s1. The van der Waals surface area contributed by atoms with Gasteiger partial charge < -0.3 is 26.6 Å². The number of nitrogen functional groups attached to an aromatic ring is 1. The molecule has 0 saturated heterocycles. The zero-order valence-electron chi connectivity index (χ0n) is 17.1. The molecule has 1 aliphatic rings. The summed E-state index contributed by atoms with van der Waals surface area (Å²) in [5.74, 6) is -2.41. The van der Waals surface area contributed by atoms with E-state index in [1.165, 1.54) is 6.20 Å². The van der Waals surface area contributed by atoms with Crippen LogP contribution in [0.5, 0.6) is 0 Å². The highest BCUT2D eigenvalue weighted by Gasteiger charge is 2.24. The lowest BCUT2D eigenvalue weighted by Gasteiger charge is -2.24. The quantitative estimate of drug-likeness (QED) is 0.306. The first-order valence-corrected chi connectivity index (χ1v) is 10.1. The molecule has 2 aromatic heterocycles. The molecule has 0 fully saturated rings. The van der Waals surface area contributed by atoms with E-state index in [4.69, 9.17) is 10.8 Å². The third-order valence-electron chi connectivity index (χ3n) is 5.23. The SMILES string of the molecule is Nc1nc2c(c(=O)[nH]1)CC(CCc1ccnc(C(=O)N[C@@H](CCC(=O)O)C(=O)O)c1)CN2. The number of amides is 1. The Labute approximate surface area is 182 Å². The minimum absolute atomic E-state index is 0.0484. The number of hydrogen-bond donors (Lipinski definition) is 6. The molecule has 32 heavy (non-hydrogen) atoms. The van der Waals surface area contributed by atoms with Gasteiger partial charge >= 0.3 is 11.9 Å². The first-order valence-electron chi connectivity index (χ1n) is 10.1. The van der Waals surface area contributed by atoms with E-state index < -0.39 is 23.9 Å². The number of carboxylic acid groups (broad SMARTS) is 2. The number of H-pyrrole nitrogens is 1. The molecule has 2 atom stereocenters. The first kappa shape index (κ1) is 22.7. The van der Waals surface area contributed by atoms with E-state index in [1.54, 1.807) is 12.1 Å². The molecule has 7 N–H and O–H groups in total. The highest BCUT2D eigenvalue weighted by atomic mass is 16.4. The molecule has 3 heterocycles. The summed E-state index contributed by atoms with van der Waals surface area (Å²) in [6.45, 7) is 0.630. The van der Waals surface area contributed by atoms with Crippen molar-refractivity contribution in [3.63, 3.8) is 0 Å². The lowest BCUT2D eigenvalue weighted by molar-refractivity contribution is -0.140. The Morgan fingerprint density at radius 2 is 2.09 bits per heavy atom. The average molecular weight is 444 g/mol. The van der Waals surface area contributed by atoms with Crippen LogP contribution in [-0.4, -0.2) is 55.6 Å². The summed E-state index contributed by atoms with van der Waals surface area (Å²) >= 11 is 0. The molecule has 0 aromatic carbocycles. The zero-order chi connectivity index (χ0) is 23.3. The van der Waals surface area contributed by atoms with Crippen LogP contribution in [0.3, 0.4) is 0 Å². The second-order valence-electron chi connectivity index (χ2n) is 7.61. The van der Waals surface area contributed by atoms with Crippen LogP contribution in [0, 0.1) is 5.92 Å². The van der Waals surface area contributed by atoms with Gasteiger partial charge in [-0.1, -0.05) is 0 Å². The molecule has 0 aliphatic carbocycles. The van der Waals surface area contributed by atoms with Gasteiger partial charge in [-0.15, -0.1) is 0 Å². The van der Waals surface area contributed by atoms with Crippen molar-refractivity contribution in [3.8, 4) is 0 Å². The van der Waals surface area contributed by atoms with Crippen molar-refractivity contribution in [1.29, 1.82) is 0 Å². The molecule has 12 nitrogen and oxygen atoms in total. The highest BCUT2D eigenvalue weighted by Crippen LogP contribution is 2.23. The Bertz CT molecular complexity index is 1080. The third kappa shape index (κ3) is 5.80. The predicted octanol–water partition coefficient (Wildman–Crippen LogP) is 0.0119. The number of nitrogens with one attached hydrogen (secondary N) is 3. The van der Waals surface area contributed by atoms with Gasteiger partial charge in [0, 0.05) is 19.2 Å². The van der Waals surface area contributed by atoms with Gasteiger partial charge in [-0.3, -0.25) is 24.4 Å². The number of carboxylic acids is 2. The largest absolute Gasteiger partial charge is 0.481 e. The van der Waals surface area contributed by atoms with E-state index in [0.29, 0.717) is 30.8 Å². The van der Waals surface area contributed by atoms with Gasteiger partial charge in [0.15, 0.2) is 0 Å². The number of fused-ring (bicyclic) bond motifs is 1. The third-order valence-corrected chi connectivity index (χ3v) is 5.23.